The molecule has 2 N–H and O–H groups in total. The minimum Gasteiger partial charge on any atom is -0.387 e. The molecule has 1 fully saturated rings. The Balaban J connectivity index is 1.13. The lowest BCUT2D eigenvalue weighted by atomic mass is 9.84. The van der Waals surface area contributed by atoms with E-state index in [0.717, 1.165) is 72.3 Å². The summed E-state index contributed by atoms with van der Waals surface area (Å²) >= 11 is 0. The van der Waals surface area contributed by atoms with Crippen LogP contribution in [-0.4, -0.2) is 66.6 Å². The summed E-state index contributed by atoms with van der Waals surface area (Å²) in [7, 11) is 0. The maximum absolute atomic E-state index is 16.1. The highest BCUT2D eigenvalue weighted by Gasteiger charge is 2.58. The van der Waals surface area contributed by atoms with Crippen LogP contribution >= 0.6 is 0 Å². The largest absolute Gasteiger partial charge is 0.387 e. The molecule has 3 aromatic heterocycles. The lowest BCUT2D eigenvalue weighted by Gasteiger charge is -2.37. The summed E-state index contributed by atoms with van der Waals surface area (Å²) in [6, 6.07) is 16.1. The second-order valence-corrected chi connectivity index (χ2v) is 13.0. The maximum Gasteiger partial charge on any atom is 0.323 e. The number of pyridine rings is 2. The fraction of sp³-hybridized carbons (Fsp3) is 0.361. The Labute approximate surface area is 287 Å². The third-order valence-electron chi connectivity index (χ3n) is 9.60. The van der Waals surface area contributed by atoms with Gasteiger partial charge in [-0.2, -0.15) is 8.78 Å². The summed E-state index contributed by atoms with van der Waals surface area (Å²) in [4.78, 5) is 13.0. The molecule has 0 amide bonds. The molecule has 10 nitrogen and oxygen atoms in total. The van der Waals surface area contributed by atoms with E-state index >= 15 is 8.78 Å². The highest BCUT2D eigenvalue weighted by atomic mass is 19.3. The number of aliphatic hydroxyl groups is 2. The maximum atomic E-state index is 16.1. The highest BCUT2D eigenvalue weighted by molar-refractivity contribution is 5.66. The van der Waals surface area contributed by atoms with Gasteiger partial charge >= 0.3 is 5.92 Å². The number of nitrogens with zero attached hydrogens (tertiary/aromatic N) is 8. The summed E-state index contributed by atoms with van der Waals surface area (Å²) in [5, 5.41) is 32.4. The van der Waals surface area contributed by atoms with E-state index in [1.54, 1.807) is 0 Å². The van der Waals surface area contributed by atoms with Crippen LogP contribution < -0.4 is 9.80 Å². The Morgan fingerprint density at radius 2 is 1.46 bits per heavy atom. The molecule has 1 saturated heterocycles. The standard InChI is InChI=1S/C36H38F4N8O2/c1-23(2)24(3)34(49)32-12-10-29(20-41-32)47-16-14-46(15-17-47)28-8-4-25(5-9-28)26-6-13-33(42-19-26)36(39,40)35(50,21-48-22-43-44-45-48)30-11-7-27(37)18-31(30)38/h4-13,18-20,22-24,34,49-50H,14-17,21H2,1-3H3/t24?,34?,35-/m0/s1. The smallest absolute Gasteiger partial charge is 0.323 e. The first-order valence-corrected chi connectivity index (χ1v) is 16.3. The minimum atomic E-state index is -4.14. The normalized spacial score (nSPS) is 16.4. The van der Waals surface area contributed by atoms with E-state index < -0.39 is 47.1 Å². The zero-order chi connectivity index (χ0) is 35.6. The van der Waals surface area contributed by atoms with Gasteiger partial charge in [0.25, 0.3) is 0 Å². The number of anilines is 2. The third kappa shape index (κ3) is 6.90. The van der Waals surface area contributed by atoms with Crippen LogP contribution in [0, 0.1) is 23.5 Å². The fourth-order valence-electron chi connectivity index (χ4n) is 6.11. The van der Waals surface area contributed by atoms with Crippen LogP contribution in [0.5, 0.6) is 0 Å². The molecule has 4 heterocycles. The first kappa shape index (κ1) is 34.9. The van der Waals surface area contributed by atoms with Crippen LogP contribution in [0.2, 0.25) is 0 Å². The summed E-state index contributed by atoms with van der Waals surface area (Å²) < 4.78 is 61.5. The Hall–Kier alpha value is -4.95. The van der Waals surface area contributed by atoms with Gasteiger partial charge in [0.05, 0.1) is 30.2 Å². The monoisotopic (exact) mass is 690 g/mol. The van der Waals surface area contributed by atoms with Gasteiger partial charge in [0, 0.05) is 55.3 Å². The van der Waals surface area contributed by atoms with E-state index in [1.165, 1.54) is 12.3 Å². The lowest BCUT2D eigenvalue weighted by Crippen LogP contribution is -2.48. The SMILES string of the molecule is CC(C)C(C)C(O)c1ccc(N2CCN(c3ccc(-c4ccc(C(F)(F)[C@](O)(Cn5cnnn5)c5ccc(F)cc5F)nc4)cc3)CC2)cn1. The molecule has 50 heavy (non-hydrogen) atoms. The molecule has 0 bridgehead atoms. The van der Waals surface area contributed by atoms with Crippen LogP contribution in [0.1, 0.15) is 43.8 Å². The number of alkyl halides is 2. The first-order valence-electron chi connectivity index (χ1n) is 16.3. The molecular weight excluding hydrogens is 652 g/mol. The second-order valence-electron chi connectivity index (χ2n) is 13.0. The topological polar surface area (TPSA) is 116 Å². The van der Waals surface area contributed by atoms with Crippen LogP contribution in [0.3, 0.4) is 0 Å². The molecule has 0 radical (unpaired) electrons. The minimum absolute atomic E-state index is 0.103. The van der Waals surface area contributed by atoms with Gasteiger partial charge in [-0.25, -0.2) is 13.5 Å². The Morgan fingerprint density at radius 1 is 0.800 bits per heavy atom. The Kier molecular flexibility index (Phi) is 9.85. The Bertz CT molecular complexity index is 1870. The summed E-state index contributed by atoms with van der Waals surface area (Å²) in [5.41, 5.74) is -0.872. The van der Waals surface area contributed by atoms with Crippen molar-refractivity contribution in [3.63, 3.8) is 0 Å². The molecule has 14 heteroatoms. The average molecular weight is 691 g/mol. The van der Waals surface area contributed by atoms with E-state index in [9.17, 15) is 19.0 Å². The van der Waals surface area contributed by atoms with Gasteiger partial charge in [0.15, 0.2) is 5.60 Å². The summed E-state index contributed by atoms with van der Waals surface area (Å²) in [5.74, 6) is -6.03. The van der Waals surface area contributed by atoms with Gasteiger partial charge in [-0.05, 0) is 70.3 Å². The number of benzene rings is 2. The average Bonchev–Trinajstić information content (AvgIpc) is 3.64. The summed E-state index contributed by atoms with van der Waals surface area (Å²) in [6.07, 6.45) is 3.48. The van der Waals surface area contributed by atoms with Crippen molar-refractivity contribution < 1.29 is 27.8 Å². The predicted molar refractivity (Wildman–Crippen MR) is 179 cm³/mol. The number of rotatable bonds is 11. The highest BCUT2D eigenvalue weighted by Crippen LogP contribution is 2.47. The van der Waals surface area contributed by atoms with Crippen molar-refractivity contribution in [1.29, 1.82) is 0 Å². The zero-order valence-electron chi connectivity index (χ0n) is 27.8. The number of halogens is 4. The van der Waals surface area contributed by atoms with Crippen molar-refractivity contribution in [2.24, 2.45) is 11.8 Å². The van der Waals surface area contributed by atoms with Crippen molar-refractivity contribution in [1.82, 2.24) is 30.2 Å². The number of aliphatic hydroxyl groups excluding tert-OH is 1. The number of hydrogen-bond donors (Lipinski definition) is 2. The molecular formula is C36H38F4N8O2. The third-order valence-corrected chi connectivity index (χ3v) is 9.60. The molecule has 5 aromatic rings. The van der Waals surface area contributed by atoms with Gasteiger partial charge in [0.2, 0.25) is 0 Å². The second kappa shape index (κ2) is 14.1. The van der Waals surface area contributed by atoms with E-state index in [4.69, 9.17) is 0 Å². The Morgan fingerprint density at radius 3 is 2.02 bits per heavy atom. The molecule has 2 unspecified atom stereocenters. The van der Waals surface area contributed by atoms with Gasteiger partial charge < -0.3 is 20.0 Å². The molecule has 262 valence electrons. The number of piperazine rings is 1. The van der Waals surface area contributed by atoms with Crippen molar-refractivity contribution in [3.8, 4) is 11.1 Å². The number of aromatic nitrogens is 6. The van der Waals surface area contributed by atoms with Crippen molar-refractivity contribution in [3.05, 3.63) is 114 Å². The first-order chi connectivity index (χ1) is 23.9. The van der Waals surface area contributed by atoms with E-state index in [1.807, 2.05) is 49.5 Å². The molecule has 3 atom stereocenters. The molecule has 0 spiro atoms. The van der Waals surface area contributed by atoms with Gasteiger partial charge in [-0.1, -0.05) is 39.0 Å². The molecule has 0 aliphatic carbocycles. The van der Waals surface area contributed by atoms with Gasteiger partial charge in [-0.3, -0.25) is 9.97 Å². The molecule has 1 aliphatic heterocycles. The van der Waals surface area contributed by atoms with Crippen molar-refractivity contribution >= 4 is 11.4 Å². The zero-order valence-corrected chi connectivity index (χ0v) is 27.8. The molecule has 6 rings (SSSR count). The number of tetrazole rings is 1. The van der Waals surface area contributed by atoms with Crippen LogP contribution in [0.15, 0.2) is 85.5 Å². The van der Waals surface area contributed by atoms with Gasteiger partial charge in [0.1, 0.15) is 23.7 Å². The van der Waals surface area contributed by atoms with Crippen LogP contribution in [0.4, 0.5) is 28.9 Å². The van der Waals surface area contributed by atoms with Crippen molar-refractivity contribution in [2.45, 2.75) is 44.9 Å². The number of hydrogen-bond acceptors (Lipinski definition) is 9. The summed E-state index contributed by atoms with van der Waals surface area (Å²) in [6.45, 7) is 8.40. The predicted octanol–water partition coefficient (Wildman–Crippen LogP) is 5.74. The molecule has 1 aliphatic rings. The van der Waals surface area contributed by atoms with Crippen LogP contribution in [0.25, 0.3) is 11.1 Å². The quantitative estimate of drug-likeness (QED) is 0.168. The lowest BCUT2D eigenvalue weighted by molar-refractivity contribution is -0.207. The van der Waals surface area contributed by atoms with E-state index in [2.05, 4.69) is 49.1 Å². The molecule has 0 saturated carbocycles. The van der Waals surface area contributed by atoms with Gasteiger partial charge in [-0.15, -0.1) is 5.10 Å². The van der Waals surface area contributed by atoms with Crippen molar-refractivity contribution in [2.75, 3.05) is 36.0 Å². The molecule has 2 aromatic carbocycles. The van der Waals surface area contributed by atoms with Crippen LogP contribution in [-0.2, 0) is 18.1 Å². The fourth-order valence-corrected chi connectivity index (χ4v) is 6.11. The van der Waals surface area contributed by atoms with E-state index in [0.29, 0.717) is 23.2 Å². The van der Waals surface area contributed by atoms with E-state index in [-0.39, 0.29) is 5.92 Å².